The van der Waals surface area contributed by atoms with E-state index in [0.29, 0.717) is 25.4 Å². The van der Waals surface area contributed by atoms with E-state index < -0.39 is 16.1 Å². The molecule has 232 valence electrons. The molecule has 10 nitrogen and oxygen atoms in total. The van der Waals surface area contributed by atoms with Crippen LogP contribution in [0.5, 0.6) is 5.75 Å². The van der Waals surface area contributed by atoms with Crippen molar-refractivity contribution in [2.45, 2.75) is 37.6 Å². The van der Waals surface area contributed by atoms with Crippen LogP contribution in [0.25, 0.3) is 11.1 Å². The lowest BCUT2D eigenvalue weighted by Crippen LogP contribution is -2.49. The molecule has 0 bridgehead atoms. The Morgan fingerprint density at radius 1 is 1.09 bits per heavy atom. The number of sulfonamides is 1. The molecule has 0 saturated heterocycles. The SMILES string of the molecule is C[C@@H]1CN([C@@H](C)CO)C(=O)c2cc(NS(=O)(=O)c3cn(C)cn3)ccc2O[C@@H]1CN(C)Cc1ccc(-c2ccccc2)cc1. The van der Waals surface area contributed by atoms with Crippen LogP contribution in [0, 0.1) is 5.92 Å². The first-order valence-electron chi connectivity index (χ1n) is 14.6. The first-order valence-corrected chi connectivity index (χ1v) is 16.1. The number of ether oxygens (including phenoxy) is 1. The normalized spacial score (nSPS) is 17.9. The summed E-state index contributed by atoms with van der Waals surface area (Å²) in [6.45, 7) is 5.29. The molecular formula is C33H39N5O5S. The standard InChI is InChI=1S/C33H39N5O5S/c1-23-17-38(24(2)21-39)33(40)29-16-28(35-44(41,42)32-20-37(4)22-34-32)14-15-30(29)43-31(23)19-36(3)18-25-10-12-27(13-11-25)26-8-6-5-7-9-26/h5-16,20,22-24,31,35,39H,17-19,21H2,1-4H3/t23-,24+,31-/m1/s1. The molecule has 2 heterocycles. The van der Waals surface area contributed by atoms with Crippen LogP contribution < -0.4 is 9.46 Å². The molecule has 1 aliphatic rings. The van der Waals surface area contributed by atoms with Gasteiger partial charge in [-0.25, -0.2) is 4.98 Å². The lowest BCUT2D eigenvalue weighted by atomic mass is 9.99. The summed E-state index contributed by atoms with van der Waals surface area (Å²) in [4.78, 5) is 21.5. The maximum absolute atomic E-state index is 13.8. The zero-order valence-corrected chi connectivity index (χ0v) is 26.2. The first kappa shape index (κ1) is 31.2. The van der Waals surface area contributed by atoms with E-state index in [2.05, 4.69) is 51.0 Å². The third kappa shape index (κ3) is 7.12. The summed E-state index contributed by atoms with van der Waals surface area (Å²) in [6, 6.07) is 23.0. The molecule has 4 aromatic rings. The number of aliphatic hydroxyl groups excluding tert-OH is 1. The van der Waals surface area contributed by atoms with Crippen molar-refractivity contribution in [1.82, 2.24) is 19.4 Å². The number of rotatable bonds is 10. The third-order valence-electron chi connectivity index (χ3n) is 7.88. The van der Waals surface area contributed by atoms with Gasteiger partial charge in [0.2, 0.25) is 0 Å². The van der Waals surface area contributed by atoms with Crippen LogP contribution in [-0.2, 0) is 23.6 Å². The molecule has 1 aromatic heterocycles. The predicted octanol–water partition coefficient (Wildman–Crippen LogP) is 4.24. The van der Waals surface area contributed by atoms with E-state index in [-0.39, 0.29) is 40.8 Å². The fourth-order valence-corrected chi connectivity index (χ4v) is 6.39. The van der Waals surface area contributed by atoms with E-state index in [9.17, 15) is 18.3 Å². The highest BCUT2D eigenvalue weighted by Crippen LogP contribution is 2.31. The molecule has 5 rings (SSSR count). The molecule has 3 aromatic carbocycles. The van der Waals surface area contributed by atoms with Crippen LogP contribution in [0.15, 0.2) is 90.3 Å². The smallest absolute Gasteiger partial charge is 0.280 e. The van der Waals surface area contributed by atoms with Crippen molar-refractivity contribution in [1.29, 1.82) is 0 Å². The minimum absolute atomic E-state index is 0.0497. The van der Waals surface area contributed by atoms with Crippen molar-refractivity contribution < 1.29 is 23.1 Å². The van der Waals surface area contributed by atoms with E-state index in [0.717, 1.165) is 5.56 Å². The van der Waals surface area contributed by atoms with Crippen molar-refractivity contribution in [2.24, 2.45) is 13.0 Å². The van der Waals surface area contributed by atoms with Gasteiger partial charge in [0.25, 0.3) is 15.9 Å². The third-order valence-corrected chi connectivity index (χ3v) is 9.14. The van der Waals surface area contributed by atoms with Gasteiger partial charge in [0.1, 0.15) is 11.9 Å². The van der Waals surface area contributed by atoms with Gasteiger partial charge in [0, 0.05) is 44.5 Å². The topological polar surface area (TPSA) is 117 Å². The molecule has 0 unspecified atom stereocenters. The number of anilines is 1. The lowest BCUT2D eigenvalue weighted by molar-refractivity contribution is 0.0341. The van der Waals surface area contributed by atoms with Gasteiger partial charge in [0.05, 0.1) is 24.5 Å². The van der Waals surface area contributed by atoms with E-state index in [4.69, 9.17) is 4.74 Å². The molecule has 2 N–H and O–H groups in total. The Hall–Kier alpha value is -4.19. The van der Waals surface area contributed by atoms with Crippen LogP contribution in [0.2, 0.25) is 0 Å². The summed E-state index contributed by atoms with van der Waals surface area (Å²) in [5.41, 5.74) is 3.94. The number of amides is 1. The number of aliphatic hydroxyl groups is 1. The van der Waals surface area contributed by atoms with Gasteiger partial charge in [0.15, 0.2) is 5.03 Å². The molecule has 44 heavy (non-hydrogen) atoms. The average Bonchev–Trinajstić information content (AvgIpc) is 3.47. The van der Waals surface area contributed by atoms with Crippen LogP contribution in [0.1, 0.15) is 29.8 Å². The molecule has 1 aliphatic heterocycles. The van der Waals surface area contributed by atoms with Crippen molar-refractivity contribution in [3.05, 3.63) is 96.4 Å². The Kier molecular flexibility index (Phi) is 9.38. The van der Waals surface area contributed by atoms with Gasteiger partial charge < -0.3 is 19.3 Å². The largest absolute Gasteiger partial charge is 0.488 e. The summed E-state index contributed by atoms with van der Waals surface area (Å²) >= 11 is 0. The number of hydrogen-bond acceptors (Lipinski definition) is 7. The minimum atomic E-state index is -3.97. The molecule has 0 radical (unpaired) electrons. The first-order chi connectivity index (χ1) is 21.0. The molecule has 0 aliphatic carbocycles. The minimum Gasteiger partial charge on any atom is -0.488 e. The van der Waals surface area contributed by atoms with Crippen LogP contribution >= 0.6 is 0 Å². The summed E-state index contributed by atoms with van der Waals surface area (Å²) < 4.78 is 36.4. The van der Waals surface area contributed by atoms with E-state index in [1.807, 2.05) is 32.2 Å². The molecule has 1 amide bonds. The van der Waals surface area contributed by atoms with E-state index in [1.165, 1.54) is 29.7 Å². The lowest BCUT2D eigenvalue weighted by Gasteiger charge is -2.38. The molecule has 0 fully saturated rings. The second-order valence-electron chi connectivity index (χ2n) is 11.6. The number of imidazole rings is 1. The van der Waals surface area contributed by atoms with Crippen LogP contribution in [0.3, 0.4) is 0 Å². The van der Waals surface area contributed by atoms with Gasteiger partial charge in [-0.2, -0.15) is 8.42 Å². The van der Waals surface area contributed by atoms with Gasteiger partial charge in [-0.1, -0.05) is 61.5 Å². The second-order valence-corrected chi connectivity index (χ2v) is 13.2. The van der Waals surface area contributed by atoms with E-state index in [1.54, 1.807) is 35.6 Å². The van der Waals surface area contributed by atoms with Gasteiger partial charge in [-0.05, 0) is 48.9 Å². The molecule has 0 spiro atoms. The van der Waals surface area contributed by atoms with Gasteiger partial charge >= 0.3 is 0 Å². The molecule has 3 atom stereocenters. The number of fused-ring (bicyclic) bond motifs is 1. The Balaban J connectivity index is 1.36. The summed E-state index contributed by atoms with van der Waals surface area (Å²) in [7, 11) is -0.247. The quantitative estimate of drug-likeness (QED) is 0.273. The molecular weight excluding hydrogens is 578 g/mol. The highest BCUT2D eigenvalue weighted by atomic mass is 32.2. The zero-order valence-electron chi connectivity index (χ0n) is 25.4. The Labute approximate surface area is 259 Å². The van der Waals surface area contributed by atoms with Crippen molar-refractivity contribution in [3.8, 4) is 16.9 Å². The van der Waals surface area contributed by atoms with E-state index >= 15 is 0 Å². The van der Waals surface area contributed by atoms with Crippen molar-refractivity contribution in [2.75, 3.05) is 31.5 Å². The Morgan fingerprint density at radius 3 is 2.45 bits per heavy atom. The summed E-state index contributed by atoms with van der Waals surface area (Å²) in [5, 5.41) is 9.84. The number of likely N-dealkylation sites (N-methyl/N-ethyl adjacent to an activating group) is 1. The van der Waals surface area contributed by atoms with Crippen molar-refractivity contribution in [3.63, 3.8) is 0 Å². The number of carbonyl (C=O) groups is 1. The molecule has 0 saturated carbocycles. The number of carbonyl (C=O) groups excluding carboxylic acids is 1. The number of aryl methyl sites for hydroxylation is 1. The maximum Gasteiger partial charge on any atom is 0.280 e. The monoisotopic (exact) mass is 617 g/mol. The summed E-state index contributed by atoms with van der Waals surface area (Å²) in [5.74, 6) is -0.0213. The zero-order chi connectivity index (χ0) is 31.4. The fourth-order valence-electron chi connectivity index (χ4n) is 5.36. The Bertz CT molecular complexity index is 1690. The second kappa shape index (κ2) is 13.2. The maximum atomic E-state index is 13.8. The highest BCUT2D eigenvalue weighted by Gasteiger charge is 2.34. The number of nitrogens with one attached hydrogen (secondary N) is 1. The van der Waals surface area contributed by atoms with Gasteiger partial charge in [-0.3, -0.25) is 14.4 Å². The number of benzene rings is 3. The molecule has 11 heteroatoms. The number of nitrogens with zero attached hydrogens (tertiary/aromatic N) is 4. The number of hydrogen-bond donors (Lipinski definition) is 2. The fraction of sp³-hybridized carbons (Fsp3) is 0.333. The Morgan fingerprint density at radius 2 is 1.80 bits per heavy atom. The summed E-state index contributed by atoms with van der Waals surface area (Å²) in [6.07, 6.45) is 2.52. The predicted molar refractivity (Wildman–Crippen MR) is 170 cm³/mol. The van der Waals surface area contributed by atoms with Crippen LogP contribution in [0.4, 0.5) is 5.69 Å². The van der Waals surface area contributed by atoms with Gasteiger partial charge in [-0.15, -0.1) is 0 Å². The highest BCUT2D eigenvalue weighted by molar-refractivity contribution is 7.92. The average molecular weight is 618 g/mol. The van der Waals surface area contributed by atoms with Crippen molar-refractivity contribution >= 4 is 21.6 Å². The van der Waals surface area contributed by atoms with Crippen LogP contribution in [-0.4, -0.2) is 77.7 Å². The number of aromatic nitrogens is 2.